The van der Waals surface area contributed by atoms with E-state index in [1.165, 1.54) is 57.5 Å². The van der Waals surface area contributed by atoms with Gasteiger partial charge in [-0.2, -0.15) is 0 Å². The van der Waals surface area contributed by atoms with Crippen molar-refractivity contribution in [2.75, 3.05) is 26.2 Å². The summed E-state index contributed by atoms with van der Waals surface area (Å²) in [6, 6.07) is 0.746. The Morgan fingerprint density at radius 2 is 2.25 bits per heavy atom. The number of hydrogen-bond donors (Lipinski definition) is 1. The lowest BCUT2D eigenvalue weighted by atomic mass is 10.2. The molecule has 0 aromatic heterocycles. The molecule has 1 saturated heterocycles. The van der Waals surface area contributed by atoms with Crippen LogP contribution in [0.5, 0.6) is 0 Å². The second kappa shape index (κ2) is 6.24. The van der Waals surface area contributed by atoms with Gasteiger partial charge in [0.05, 0.1) is 5.84 Å². The van der Waals surface area contributed by atoms with Gasteiger partial charge in [-0.05, 0) is 38.8 Å². The molecule has 0 aromatic carbocycles. The molecule has 1 atom stereocenters. The number of amidine groups is 1. The molecule has 0 amide bonds. The SMILES string of the molecule is CCN1CCC[C@H]1CNC1=NCCCCC1. The molecule has 3 nitrogen and oxygen atoms in total. The van der Waals surface area contributed by atoms with Crippen LogP contribution in [-0.2, 0) is 0 Å². The van der Waals surface area contributed by atoms with Crippen LogP contribution >= 0.6 is 0 Å². The first-order chi connectivity index (χ1) is 7.90. The fourth-order valence-electron chi connectivity index (χ4n) is 2.80. The monoisotopic (exact) mass is 223 g/mol. The van der Waals surface area contributed by atoms with Gasteiger partial charge in [0.1, 0.15) is 0 Å². The minimum absolute atomic E-state index is 0.746. The lowest BCUT2D eigenvalue weighted by molar-refractivity contribution is 0.267. The smallest absolute Gasteiger partial charge is 0.0963 e. The fraction of sp³-hybridized carbons (Fsp3) is 0.923. The summed E-state index contributed by atoms with van der Waals surface area (Å²) in [6.45, 7) is 6.88. The quantitative estimate of drug-likeness (QED) is 0.793. The Balaban J connectivity index is 1.75. The summed E-state index contributed by atoms with van der Waals surface area (Å²) < 4.78 is 0. The van der Waals surface area contributed by atoms with Crippen LogP contribution in [0.4, 0.5) is 0 Å². The fourth-order valence-corrected chi connectivity index (χ4v) is 2.80. The van der Waals surface area contributed by atoms with Crippen molar-refractivity contribution in [3.05, 3.63) is 0 Å². The molecular weight excluding hydrogens is 198 g/mol. The molecule has 1 N–H and O–H groups in total. The summed E-state index contributed by atoms with van der Waals surface area (Å²) in [6.07, 6.45) is 7.82. The van der Waals surface area contributed by atoms with Crippen LogP contribution in [0.3, 0.4) is 0 Å². The Morgan fingerprint density at radius 1 is 1.31 bits per heavy atom. The predicted molar refractivity (Wildman–Crippen MR) is 69.0 cm³/mol. The number of likely N-dealkylation sites (tertiary alicyclic amines) is 1. The van der Waals surface area contributed by atoms with E-state index in [4.69, 9.17) is 0 Å². The molecule has 2 aliphatic heterocycles. The standard InChI is InChI=1S/C13H25N3/c1-2-16-10-6-7-12(16)11-15-13-8-4-3-5-9-14-13/h12H,2-11H2,1H3,(H,14,15)/t12-/m0/s1. The Bertz CT molecular complexity index is 237. The Labute approximate surface area is 99.3 Å². The van der Waals surface area contributed by atoms with E-state index >= 15 is 0 Å². The minimum atomic E-state index is 0.746. The summed E-state index contributed by atoms with van der Waals surface area (Å²) in [5, 5.41) is 3.58. The molecule has 0 bridgehead atoms. The number of nitrogens with zero attached hydrogens (tertiary/aromatic N) is 2. The molecule has 92 valence electrons. The van der Waals surface area contributed by atoms with Gasteiger partial charge in [-0.3, -0.25) is 9.89 Å². The lowest BCUT2D eigenvalue weighted by Gasteiger charge is -2.23. The van der Waals surface area contributed by atoms with Crippen LogP contribution in [0.2, 0.25) is 0 Å². The van der Waals surface area contributed by atoms with Crippen molar-refractivity contribution in [3.63, 3.8) is 0 Å². The molecule has 16 heavy (non-hydrogen) atoms. The highest BCUT2D eigenvalue weighted by atomic mass is 15.2. The van der Waals surface area contributed by atoms with Gasteiger partial charge >= 0.3 is 0 Å². The van der Waals surface area contributed by atoms with E-state index in [9.17, 15) is 0 Å². The molecule has 0 radical (unpaired) electrons. The zero-order chi connectivity index (χ0) is 11.2. The highest BCUT2D eigenvalue weighted by Gasteiger charge is 2.22. The number of hydrogen-bond acceptors (Lipinski definition) is 3. The third kappa shape index (κ3) is 3.21. The number of rotatable bonds is 3. The van der Waals surface area contributed by atoms with Crippen molar-refractivity contribution in [3.8, 4) is 0 Å². The van der Waals surface area contributed by atoms with E-state index in [-0.39, 0.29) is 0 Å². The number of likely N-dealkylation sites (N-methyl/N-ethyl adjacent to an activating group) is 1. The van der Waals surface area contributed by atoms with Crippen LogP contribution in [0, 0.1) is 0 Å². The van der Waals surface area contributed by atoms with E-state index in [0.717, 1.165) is 19.1 Å². The molecule has 0 spiro atoms. The number of aliphatic imine (C=N–C) groups is 1. The molecular formula is C13H25N3. The van der Waals surface area contributed by atoms with E-state index in [2.05, 4.69) is 22.1 Å². The van der Waals surface area contributed by atoms with Gasteiger partial charge in [-0.25, -0.2) is 0 Å². The first kappa shape index (κ1) is 11.9. The maximum Gasteiger partial charge on any atom is 0.0963 e. The van der Waals surface area contributed by atoms with Gasteiger partial charge in [0.15, 0.2) is 0 Å². The van der Waals surface area contributed by atoms with E-state index in [0.29, 0.717) is 0 Å². The maximum absolute atomic E-state index is 4.62. The largest absolute Gasteiger partial charge is 0.372 e. The summed E-state index contributed by atoms with van der Waals surface area (Å²) in [5.74, 6) is 1.26. The van der Waals surface area contributed by atoms with Crippen molar-refractivity contribution < 1.29 is 0 Å². The third-order valence-corrected chi connectivity index (χ3v) is 3.82. The average Bonchev–Trinajstić information content (AvgIpc) is 2.60. The molecule has 0 aromatic rings. The third-order valence-electron chi connectivity index (χ3n) is 3.82. The van der Waals surface area contributed by atoms with Gasteiger partial charge in [0, 0.05) is 25.6 Å². The molecule has 0 saturated carbocycles. The zero-order valence-electron chi connectivity index (χ0n) is 10.5. The topological polar surface area (TPSA) is 27.6 Å². The van der Waals surface area contributed by atoms with Crippen molar-refractivity contribution >= 4 is 5.84 Å². The van der Waals surface area contributed by atoms with Gasteiger partial charge in [-0.1, -0.05) is 13.3 Å². The van der Waals surface area contributed by atoms with Crippen LogP contribution in [-0.4, -0.2) is 43.0 Å². The van der Waals surface area contributed by atoms with Crippen LogP contribution < -0.4 is 5.32 Å². The molecule has 0 aliphatic carbocycles. The van der Waals surface area contributed by atoms with Gasteiger partial charge in [-0.15, -0.1) is 0 Å². The predicted octanol–water partition coefficient (Wildman–Crippen LogP) is 2.03. The van der Waals surface area contributed by atoms with E-state index < -0.39 is 0 Å². The van der Waals surface area contributed by atoms with Gasteiger partial charge in [0.25, 0.3) is 0 Å². The summed E-state index contributed by atoms with van der Waals surface area (Å²) in [7, 11) is 0. The lowest BCUT2D eigenvalue weighted by Crippen LogP contribution is -2.40. The zero-order valence-corrected chi connectivity index (χ0v) is 10.5. The van der Waals surface area contributed by atoms with Gasteiger partial charge < -0.3 is 5.32 Å². The summed E-state index contributed by atoms with van der Waals surface area (Å²) in [5.41, 5.74) is 0. The van der Waals surface area contributed by atoms with Gasteiger partial charge in [0.2, 0.25) is 0 Å². The molecule has 2 heterocycles. The second-order valence-electron chi connectivity index (χ2n) is 4.94. The maximum atomic E-state index is 4.62. The van der Waals surface area contributed by atoms with Crippen LogP contribution in [0.15, 0.2) is 4.99 Å². The average molecular weight is 223 g/mol. The molecule has 1 fully saturated rings. The molecule has 2 rings (SSSR count). The van der Waals surface area contributed by atoms with E-state index in [1.807, 2.05) is 0 Å². The molecule has 2 aliphatic rings. The van der Waals surface area contributed by atoms with Crippen LogP contribution in [0.25, 0.3) is 0 Å². The van der Waals surface area contributed by atoms with Crippen molar-refractivity contribution in [2.45, 2.75) is 51.5 Å². The van der Waals surface area contributed by atoms with Crippen molar-refractivity contribution in [1.29, 1.82) is 0 Å². The Hall–Kier alpha value is -0.570. The normalized spacial score (nSPS) is 27.6. The highest BCUT2D eigenvalue weighted by molar-refractivity contribution is 5.82. The van der Waals surface area contributed by atoms with Crippen molar-refractivity contribution in [2.24, 2.45) is 4.99 Å². The Morgan fingerprint density at radius 3 is 3.12 bits per heavy atom. The Kier molecular flexibility index (Phi) is 4.64. The minimum Gasteiger partial charge on any atom is -0.372 e. The van der Waals surface area contributed by atoms with Crippen LogP contribution in [0.1, 0.15) is 45.4 Å². The molecule has 0 unspecified atom stereocenters. The van der Waals surface area contributed by atoms with Crippen molar-refractivity contribution in [1.82, 2.24) is 10.2 Å². The first-order valence-electron chi connectivity index (χ1n) is 6.91. The summed E-state index contributed by atoms with van der Waals surface area (Å²) in [4.78, 5) is 7.21. The first-order valence-corrected chi connectivity index (χ1v) is 6.91. The number of nitrogens with one attached hydrogen (secondary N) is 1. The highest BCUT2D eigenvalue weighted by Crippen LogP contribution is 2.16. The summed E-state index contributed by atoms with van der Waals surface area (Å²) >= 11 is 0. The molecule has 3 heteroatoms. The second-order valence-corrected chi connectivity index (χ2v) is 4.94. The van der Waals surface area contributed by atoms with E-state index in [1.54, 1.807) is 0 Å².